The van der Waals surface area contributed by atoms with Crippen LogP contribution in [0.3, 0.4) is 0 Å². The number of carbonyl (C=O) groups is 1. The molecule has 3 N–H and O–H groups in total. The fourth-order valence-electron chi connectivity index (χ4n) is 3.09. The van der Waals surface area contributed by atoms with Crippen LogP contribution in [0.4, 0.5) is 15.6 Å². The average molecular weight is 500 g/mol. The lowest BCUT2D eigenvalue weighted by atomic mass is 10.2. The second-order valence-corrected chi connectivity index (χ2v) is 11.7. The van der Waals surface area contributed by atoms with E-state index < -0.39 is 32.2 Å². The van der Waals surface area contributed by atoms with Crippen LogP contribution in [0.2, 0.25) is 0 Å². The van der Waals surface area contributed by atoms with Gasteiger partial charge in [0.25, 0.3) is 10.0 Å². The van der Waals surface area contributed by atoms with E-state index in [1.54, 1.807) is 11.8 Å². The number of carboxylic acid groups (broad SMARTS) is 1. The zero-order valence-corrected chi connectivity index (χ0v) is 19.6. The van der Waals surface area contributed by atoms with Crippen molar-refractivity contribution in [2.45, 2.75) is 22.1 Å². The monoisotopic (exact) mass is 499 g/mol. The van der Waals surface area contributed by atoms with Gasteiger partial charge in [-0.15, -0.1) is 5.92 Å². The fraction of sp³-hybridized carbons (Fsp3) is 0.333. The minimum absolute atomic E-state index is 0.0294. The van der Waals surface area contributed by atoms with Gasteiger partial charge in [0.05, 0.1) is 11.1 Å². The molecule has 3 rings (SSSR count). The third kappa shape index (κ3) is 5.03. The Balaban J connectivity index is 1.82. The lowest BCUT2D eigenvalue weighted by Crippen LogP contribution is -2.54. The molecule has 1 amide bonds. The number of rotatable bonds is 6. The van der Waals surface area contributed by atoms with Crippen LogP contribution in [0.1, 0.15) is 6.92 Å². The number of nitrogens with zero attached hydrogens (tertiary/aromatic N) is 3. The number of nitrogens with one attached hydrogen (secondary N) is 2. The molecule has 1 aromatic carbocycles. The SMILES string of the molecule is CC#C[C@H]1CN(S(=O)(=O)c2ccc(NC(=O)O)cc2)CCN1c1ncc(S(=O)(=O)NC)s1. The molecule has 0 bridgehead atoms. The Morgan fingerprint density at radius 3 is 2.50 bits per heavy atom. The molecule has 172 valence electrons. The number of hydrogen-bond acceptors (Lipinski definition) is 8. The van der Waals surface area contributed by atoms with Crippen LogP contribution in [-0.2, 0) is 20.0 Å². The van der Waals surface area contributed by atoms with Gasteiger partial charge < -0.3 is 10.0 Å². The maximum absolute atomic E-state index is 13.1. The summed E-state index contributed by atoms with van der Waals surface area (Å²) in [5.74, 6) is 5.77. The Hall–Kier alpha value is -2.70. The highest BCUT2D eigenvalue weighted by Crippen LogP contribution is 2.30. The Kier molecular flexibility index (Phi) is 7.06. The van der Waals surface area contributed by atoms with E-state index >= 15 is 0 Å². The highest BCUT2D eigenvalue weighted by atomic mass is 32.2. The summed E-state index contributed by atoms with van der Waals surface area (Å²) in [4.78, 5) is 16.7. The summed E-state index contributed by atoms with van der Waals surface area (Å²) in [6.07, 6.45) is 0.0172. The third-order valence-electron chi connectivity index (χ3n) is 4.65. The molecule has 0 spiro atoms. The Morgan fingerprint density at radius 2 is 1.91 bits per heavy atom. The molecule has 11 nitrogen and oxygen atoms in total. The second-order valence-electron chi connectivity index (χ2n) is 6.59. The zero-order chi connectivity index (χ0) is 23.5. The van der Waals surface area contributed by atoms with Crippen molar-refractivity contribution < 1.29 is 26.7 Å². The van der Waals surface area contributed by atoms with Crippen molar-refractivity contribution in [2.75, 3.05) is 36.9 Å². The van der Waals surface area contributed by atoms with Crippen molar-refractivity contribution in [1.82, 2.24) is 14.0 Å². The Bertz CT molecular complexity index is 1260. The number of benzene rings is 1. The largest absolute Gasteiger partial charge is 0.465 e. The summed E-state index contributed by atoms with van der Waals surface area (Å²) in [5.41, 5.74) is 0.257. The number of amides is 1. The zero-order valence-electron chi connectivity index (χ0n) is 17.1. The van der Waals surface area contributed by atoms with Crippen LogP contribution in [-0.4, -0.2) is 70.0 Å². The maximum Gasteiger partial charge on any atom is 0.409 e. The first-order valence-electron chi connectivity index (χ1n) is 9.27. The number of aromatic nitrogens is 1. The van der Waals surface area contributed by atoms with Crippen LogP contribution < -0.4 is 14.9 Å². The van der Waals surface area contributed by atoms with Gasteiger partial charge in [-0.3, -0.25) is 5.32 Å². The summed E-state index contributed by atoms with van der Waals surface area (Å²) in [6.45, 7) is 2.11. The van der Waals surface area contributed by atoms with Crippen molar-refractivity contribution in [3.63, 3.8) is 0 Å². The normalized spacial score (nSPS) is 17.4. The van der Waals surface area contributed by atoms with Crippen LogP contribution >= 0.6 is 11.3 Å². The molecular formula is C18H21N5O6S3. The van der Waals surface area contributed by atoms with Gasteiger partial charge >= 0.3 is 6.09 Å². The van der Waals surface area contributed by atoms with E-state index in [0.29, 0.717) is 5.13 Å². The quantitative estimate of drug-likeness (QED) is 0.499. The fourth-order valence-corrected chi connectivity index (χ4v) is 6.56. The Morgan fingerprint density at radius 1 is 1.22 bits per heavy atom. The summed E-state index contributed by atoms with van der Waals surface area (Å²) in [5, 5.41) is 11.4. The van der Waals surface area contributed by atoms with E-state index in [2.05, 4.69) is 26.9 Å². The van der Waals surface area contributed by atoms with Crippen molar-refractivity contribution >= 4 is 48.3 Å². The van der Waals surface area contributed by atoms with Crippen molar-refractivity contribution in [1.29, 1.82) is 0 Å². The molecule has 14 heteroatoms. The summed E-state index contributed by atoms with van der Waals surface area (Å²) >= 11 is 0.986. The molecule has 1 aliphatic rings. The van der Waals surface area contributed by atoms with Gasteiger partial charge in [-0.2, -0.15) is 4.31 Å². The van der Waals surface area contributed by atoms with Crippen molar-refractivity contribution in [3.05, 3.63) is 30.5 Å². The topological polar surface area (TPSA) is 149 Å². The maximum atomic E-state index is 13.1. The number of anilines is 2. The molecule has 2 aromatic rings. The van der Waals surface area contributed by atoms with Crippen molar-refractivity contribution in [2.24, 2.45) is 0 Å². The van der Waals surface area contributed by atoms with Crippen molar-refractivity contribution in [3.8, 4) is 11.8 Å². The molecule has 1 atom stereocenters. The van der Waals surface area contributed by atoms with Gasteiger partial charge in [0.2, 0.25) is 10.0 Å². The van der Waals surface area contributed by atoms with Crippen LogP contribution in [0.5, 0.6) is 0 Å². The van der Waals surface area contributed by atoms with E-state index in [9.17, 15) is 21.6 Å². The van der Waals surface area contributed by atoms with E-state index in [-0.39, 0.29) is 34.4 Å². The standard InChI is InChI=1S/C18H21N5O6S3/c1-3-4-14-12-22(32(28,29)15-7-5-13(6-8-15)21-18(24)25)9-10-23(14)17-20-11-16(30-17)31(26,27)19-2/h5-8,11,14,19,21H,9-10,12H2,1-2H3,(H,24,25)/t14-/m0/s1. The number of hydrogen-bond donors (Lipinski definition) is 3. The predicted molar refractivity (Wildman–Crippen MR) is 120 cm³/mol. The highest BCUT2D eigenvalue weighted by molar-refractivity contribution is 7.91. The van der Waals surface area contributed by atoms with Gasteiger partial charge in [0, 0.05) is 25.3 Å². The summed E-state index contributed by atoms with van der Waals surface area (Å²) in [6, 6.07) is 4.90. The van der Waals surface area contributed by atoms with E-state index in [0.717, 1.165) is 11.3 Å². The van der Waals surface area contributed by atoms with E-state index in [4.69, 9.17) is 5.11 Å². The minimum atomic E-state index is -3.85. The average Bonchev–Trinajstić information content (AvgIpc) is 3.25. The first-order valence-corrected chi connectivity index (χ1v) is 13.0. The smallest absolute Gasteiger partial charge is 0.409 e. The summed E-state index contributed by atoms with van der Waals surface area (Å²) in [7, 11) is -6.16. The molecule has 0 radical (unpaired) electrons. The molecule has 0 unspecified atom stereocenters. The molecule has 1 aliphatic heterocycles. The molecule has 1 fully saturated rings. The lowest BCUT2D eigenvalue weighted by Gasteiger charge is -2.38. The number of thiazole rings is 1. The van der Waals surface area contributed by atoms with Crippen LogP contribution in [0, 0.1) is 11.8 Å². The third-order valence-corrected chi connectivity index (χ3v) is 9.44. The summed E-state index contributed by atoms with van der Waals surface area (Å²) < 4.78 is 53.9. The molecule has 1 saturated heterocycles. The van der Waals surface area contributed by atoms with Crippen LogP contribution in [0.15, 0.2) is 39.6 Å². The first kappa shape index (κ1) is 24.0. The number of sulfonamides is 2. The molecule has 1 aromatic heterocycles. The molecular weight excluding hydrogens is 478 g/mol. The lowest BCUT2D eigenvalue weighted by molar-refractivity contribution is 0.209. The molecule has 0 aliphatic carbocycles. The van der Waals surface area contributed by atoms with Gasteiger partial charge in [0.1, 0.15) is 6.04 Å². The van der Waals surface area contributed by atoms with Gasteiger partial charge in [-0.1, -0.05) is 17.3 Å². The van der Waals surface area contributed by atoms with E-state index in [1.165, 1.54) is 41.8 Å². The van der Waals surface area contributed by atoms with E-state index in [1.807, 2.05) is 0 Å². The van der Waals surface area contributed by atoms with Crippen LogP contribution in [0.25, 0.3) is 0 Å². The second kappa shape index (κ2) is 9.43. The Labute approximate surface area is 190 Å². The van der Waals surface area contributed by atoms with Gasteiger partial charge in [-0.05, 0) is 38.2 Å². The molecule has 0 saturated carbocycles. The van der Waals surface area contributed by atoms with Gasteiger partial charge in [-0.25, -0.2) is 31.3 Å². The first-order chi connectivity index (χ1) is 15.1. The highest BCUT2D eigenvalue weighted by Gasteiger charge is 2.35. The molecule has 2 heterocycles. The predicted octanol–water partition coefficient (Wildman–Crippen LogP) is 1.04. The number of piperazine rings is 1. The van der Waals surface area contributed by atoms with Gasteiger partial charge in [0.15, 0.2) is 9.34 Å². The minimum Gasteiger partial charge on any atom is -0.465 e. The molecule has 32 heavy (non-hydrogen) atoms.